The average Bonchev–Trinajstić information content (AvgIpc) is 2.20. The largest absolute Gasteiger partial charge is 0.368 e. The maximum Gasteiger partial charge on any atom is 0.221 e. The van der Waals surface area contributed by atoms with Gasteiger partial charge in [-0.1, -0.05) is 0 Å². The molecule has 0 aliphatic heterocycles. The molecule has 0 amide bonds. The molecule has 0 saturated carbocycles. The van der Waals surface area contributed by atoms with Crippen molar-refractivity contribution in [2.75, 3.05) is 5.73 Å². The van der Waals surface area contributed by atoms with Crippen LogP contribution in [0.15, 0.2) is 28.6 Å². The lowest BCUT2D eigenvalue weighted by atomic mass is 10.4. The van der Waals surface area contributed by atoms with Crippen LogP contribution in [0.5, 0.6) is 0 Å². The molecule has 0 fully saturated rings. The van der Waals surface area contributed by atoms with Crippen molar-refractivity contribution >= 4 is 17.7 Å². The first-order chi connectivity index (χ1) is 7.63. The summed E-state index contributed by atoms with van der Waals surface area (Å²) in [7, 11) is 0. The van der Waals surface area contributed by atoms with Crippen molar-refractivity contribution in [3.8, 4) is 0 Å². The van der Waals surface area contributed by atoms with Crippen LogP contribution in [0, 0.1) is 13.8 Å². The van der Waals surface area contributed by atoms with E-state index >= 15 is 0 Å². The van der Waals surface area contributed by atoms with Crippen LogP contribution in [0.2, 0.25) is 0 Å². The fraction of sp³-hybridized carbons (Fsp3) is 0.200. The van der Waals surface area contributed by atoms with Gasteiger partial charge in [0.25, 0.3) is 0 Å². The molecule has 0 aliphatic carbocycles. The van der Waals surface area contributed by atoms with E-state index in [-0.39, 0.29) is 5.95 Å². The van der Waals surface area contributed by atoms with E-state index in [1.807, 2.05) is 19.9 Å². The van der Waals surface area contributed by atoms with E-state index in [4.69, 9.17) is 5.73 Å². The van der Waals surface area contributed by atoms with Crippen molar-refractivity contribution in [1.82, 2.24) is 19.9 Å². The van der Waals surface area contributed by atoms with Crippen LogP contribution < -0.4 is 5.73 Å². The van der Waals surface area contributed by atoms with Gasteiger partial charge in [-0.2, -0.15) is 0 Å². The lowest BCUT2D eigenvalue weighted by Gasteiger charge is -2.01. The summed E-state index contributed by atoms with van der Waals surface area (Å²) in [6.45, 7) is 3.82. The molecule has 5 nitrogen and oxygen atoms in total. The molecule has 2 rings (SSSR count). The molecule has 2 N–H and O–H groups in total. The maximum atomic E-state index is 5.56. The number of nitrogens with two attached hydrogens (primary N) is 1. The van der Waals surface area contributed by atoms with Crippen LogP contribution in [0.25, 0.3) is 0 Å². The Hall–Kier alpha value is -1.69. The second-order valence-corrected chi connectivity index (χ2v) is 4.34. The van der Waals surface area contributed by atoms with E-state index in [0.717, 1.165) is 16.3 Å². The van der Waals surface area contributed by atoms with E-state index < -0.39 is 0 Å². The molecule has 0 radical (unpaired) electrons. The summed E-state index contributed by atoms with van der Waals surface area (Å²) in [5, 5.41) is 1.41. The molecule has 0 bridgehead atoms. The summed E-state index contributed by atoms with van der Waals surface area (Å²) in [5.74, 6) is 0.273. The first-order valence-electron chi connectivity index (χ1n) is 4.71. The highest BCUT2D eigenvalue weighted by Gasteiger charge is 2.04. The Labute approximate surface area is 97.6 Å². The van der Waals surface area contributed by atoms with Crippen molar-refractivity contribution in [3.63, 3.8) is 0 Å². The van der Waals surface area contributed by atoms with Gasteiger partial charge in [0, 0.05) is 18.1 Å². The highest BCUT2D eigenvalue weighted by atomic mass is 32.2. The zero-order valence-corrected chi connectivity index (χ0v) is 9.82. The molecule has 82 valence electrons. The average molecular weight is 233 g/mol. The van der Waals surface area contributed by atoms with Crippen LogP contribution in [0.1, 0.15) is 11.3 Å². The van der Waals surface area contributed by atoms with Crippen LogP contribution in [0.3, 0.4) is 0 Å². The topological polar surface area (TPSA) is 77.6 Å². The highest BCUT2D eigenvalue weighted by Crippen LogP contribution is 2.22. The number of anilines is 1. The third kappa shape index (κ3) is 2.66. The number of rotatable bonds is 2. The summed E-state index contributed by atoms with van der Waals surface area (Å²) >= 11 is 1.37. The smallest absolute Gasteiger partial charge is 0.221 e. The van der Waals surface area contributed by atoms with Crippen LogP contribution in [0.4, 0.5) is 5.95 Å². The fourth-order valence-corrected chi connectivity index (χ4v) is 1.91. The second-order valence-electron chi connectivity index (χ2n) is 3.35. The first-order valence-corrected chi connectivity index (χ1v) is 5.53. The maximum absolute atomic E-state index is 5.56. The predicted octanol–water partition coefficient (Wildman–Crippen LogP) is 1.62. The minimum atomic E-state index is 0.273. The molecule has 0 aromatic carbocycles. The Kier molecular flexibility index (Phi) is 3.00. The number of nitrogen functional groups attached to an aromatic ring is 1. The first kappa shape index (κ1) is 10.8. The Morgan fingerprint density at radius 2 is 1.81 bits per heavy atom. The zero-order valence-electron chi connectivity index (χ0n) is 9.01. The van der Waals surface area contributed by atoms with E-state index in [2.05, 4.69) is 19.9 Å². The summed E-state index contributed by atoms with van der Waals surface area (Å²) < 4.78 is 0. The van der Waals surface area contributed by atoms with Crippen molar-refractivity contribution in [2.24, 2.45) is 0 Å². The Bertz CT molecular complexity index is 477. The standard InChI is InChI=1S/C10H11N5S/c1-6-4-12-10(13-5-6)16-8-3-7(2)14-9(11)15-8/h3-5H,1-2H3,(H2,11,14,15). The highest BCUT2D eigenvalue weighted by molar-refractivity contribution is 7.99. The van der Waals surface area contributed by atoms with Gasteiger partial charge in [0.15, 0.2) is 5.16 Å². The van der Waals surface area contributed by atoms with Gasteiger partial charge in [0.05, 0.1) is 0 Å². The monoisotopic (exact) mass is 233 g/mol. The van der Waals surface area contributed by atoms with Crippen molar-refractivity contribution < 1.29 is 0 Å². The van der Waals surface area contributed by atoms with E-state index in [1.165, 1.54) is 11.8 Å². The summed E-state index contributed by atoms with van der Waals surface area (Å²) in [4.78, 5) is 16.5. The van der Waals surface area contributed by atoms with Crippen molar-refractivity contribution in [1.29, 1.82) is 0 Å². The van der Waals surface area contributed by atoms with Gasteiger partial charge in [-0.25, -0.2) is 19.9 Å². The minimum Gasteiger partial charge on any atom is -0.368 e. The summed E-state index contributed by atoms with van der Waals surface area (Å²) in [6.07, 6.45) is 3.54. The number of hydrogen-bond donors (Lipinski definition) is 1. The molecule has 0 atom stereocenters. The number of aryl methyl sites for hydroxylation is 2. The molecule has 0 saturated heterocycles. The number of hydrogen-bond acceptors (Lipinski definition) is 6. The van der Waals surface area contributed by atoms with Crippen LogP contribution in [-0.4, -0.2) is 19.9 Å². The Morgan fingerprint density at radius 3 is 2.44 bits per heavy atom. The van der Waals surface area contributed by atoms with Crippen molar-refractivity contribution in [3.05, 3.63) is 29.7 Å². The van der Waals surface area contributed by atoms with Crippen molar-refractivity contribution in [2.45, 2.75) is 24.0 Å². The summed E-state index contributed by atoms with van der Waals surface area (Å²) in [5.41, 5.74) is 7.43. The minimum absolute atomic E-state index is 0.273. The predicted molar refractivity (Wildman–Crippen MR) is 62.1 cm³/mol. The van der Waals surface area contributed by atoms with E-state index in [0.29, 0.717) is 5.16 Å². The van der Waals surface area contributed by atoms with Crippen LogP contribution >= 0.6 is 11.8 Å². The summed E-state index contributed by atoms with van der Waals surface area (Å²) in [6, 6.07) is 1.85. The SMILES string of the molecule is Cc1cnc(Sc2cc(C)nc(N)n2)nc1. The van der Waals surface area contributed by atoms with Gasteiger partial charge in [-0.3, -0.25) is 0 Å². The normalized spacial score (nSPS) is 10.4. The van der Waals surface area contributed by atoms with E-state index in [9.17, 15) is 0 Å². The Balaban J connectivity index is 2.23. The zero-order chi connectivity index (χ0) is 11.5. The van der Waals surface area contributed by atoms with Gasteiger partial charge in [-0.05, 0) is 37.2 Å². The molecule has 2 heterocycles. The third-order valence-corrected chi connectivity index (χ3v) is 2.61. The molecule has 16 heavy (non-hydrogen) atoms. The van der Waals surface area contributed by atoms with Gasteiger partial charge in [-0.15, -0.1) is 0 Å². The van der Waals surface area contributed by atoms with Gasteiger partial charge in [0.2, 0.25) is 5.95 Å². The van der Waals surface area contributed by atoms with Gasteiger partial charge >= 0.3 is 0 Å². The fourth-order valence-electron chi connectivity index (χ4n) is 1.14. The number of nitrogens with zero attached hydrogens (tertiary/aromatic N) is 4. The quantitative estimate of drug-likeness (QED) is 0.627. The van der Waals surface area contributed by atoms with Gasteiger partial charge < -0.3 is 5.73 Å². The third-order valence-electron chi connectivity index (χ3n) is 1.80. The molecular weight excluding hydrogens is 222 g/mol. The second kappa shape index (κ2) is 4.44. The molecule has 6 heteroatoms. The Morgan fingerprint density at radius 1 is 1.12 bits per heavy atom. The molecule has 0 unspecified atom stereocenters. The van der Waals surface area contributed by atoms with Crippen LogP contribution in [-0.2, 0) is 0 Å². The number of aromatic nitrogens is 4. The molecular formula is C10H11N5S. The molecule has 2 aromatic heterocycles. The molecule has 2 aromatic rings. The molecule has 0 aliphatic rings. The van der Waals surface area contributed by atoms with Gasteiger partial charge in [0.1, 0.15) is 5.03 Å². The molecule has 0 spiro atoms. The van der Waals surface area contributed by atoms with E-state index in [1.54, 1.807) is 12.4 Å². The lowest BCUT2D eigenvalue weighted by Crippen LogP contribution is -1.98. The lowest BCUT2D eigenvalue weighted by molar-refractivity contribution is 0.940.